The monoisotopic (exact) mass is 315 g/mol. The van der Waals surface area contributed by atoms with Gasteiger partial charge in [0.1, 0.15) is 0 Å². The highest BCUT2D eigenvalue weighted by Crippen LogP contribution is 2.39. The van der Waals surface area contributed by atoms with E-state index in [2.05, 4.69) is 52.1 Å². The number of hydrogen-bond acceptors (Lipinski definition) is 3. The molecule has 3 aliphatic rings. The fourth-order valence-electron chi connectivity index (χ4n) is 4.71. The SMILES string of the molecule is CC.CN1CC2(C1)CN(CC1CCN(c3ccccc3)CC1)C2. The first kappa shape index (κ1) is 16.8. The number of hydrogen-bond donors (Lipinski definition) is 0. The lowest BCUT2D eigenvalue weighted by Gasteiger charge is -2.60. The van der Waals surface area contributed by atoms with Gasteiger partial charge >= 0.3 is 0 Å². The summed E-state index contributed by atoms with van der Waals surface area (Å²) < 4.78 is 0. The van der Waals surface area contributed by atoms with Crippen LogP contribution < -0.4 is 4.90 Å². The van der Waals surface area contributed by atoms with E-state index >= 15 is 0 Å². The molecule has 0 bridgehead atoms. The van der Waals surface area contributed by atoms with E-state index < -0.39 is 0 Å². The lowest BCUT2D eigenvalue weighted by atomic mass is 9.72. The highest BCUT2D eigenvalue weighted by molar-refractivity contribution is 5.46. The highest BCUT2D eigenvalue weighted by Gasteiger charge is 2.50. The molecule has 3 aliphatic heterocycles. The molecule has 0 amide bonds. The van der Waals surface area contributed by atoms with Crippen molar-refractivity contribution in [2.75, 3.05) is 57.8 Å². The minimum absolute atomic E-state index is 0.694. The zero-order valence-corrected chi connectivity index (χ0v) is 15.2. The fourth-order valence-corrected chi connectivity index (χ4v) is 4.71. The van der Waals surface area contributed by atoms with E-state index in [4.69, 9.17) is 0 Å². The van der Waals surface area contributed by atoms with E-state index in [9.17, 15) is 0 Å². The molecular weight excluding hydrogens is 282 g/mol. The summed E-state index contributed by atoms with van der Waals surface area (Å²) >= 11 is 0. The molecule has 1 aromatic carbocycles. The predicted molar refractivity (Wildman–Crippen MR) is 99.1 cm³/mol. The van der Waals surface area contributed by atoms with Crippen LogP contribution in [0.25, 0.3) is 0 Å². The molecule has 3 fully saturated rings. The summed E-state index contributed by atoms with van der Waals surface area (Å²) in [7, 11) is 2.24. The molecule has 128 valence electrons. The van der Waals surface area contributed by atoms with Crippen LogP contribution in [0.4, 0.5) is 5.69 Å². The molecule has 23 heavy (non-hydrogen) atoms. The number of piperidine rings is 1. The molecule has 4 rings (SSSR count). The van der Waals surface area contributed by atoms with Gasteiger partial charge < -0.3 is 14.7 Å². The molecule has 0 aliphatic carbocycles. The van der Waals surface area contributed by atoms with Crippen LogP contribution in [0.15, 0.2) is 30.3 Å². The van der Waals surface area contributed by atoms with Crippen molar-refractivity contribution in [3.63, 3.8) is 0 Å². The standard InChI is InChI=1S/C18H27N3.C2H6/c1-19-12-18(13-19)14-20(15-18)11-16-7-9-21(10-8-16)17-5-3-2-4-6-17;1-2/h2-6,16H,7-15H2,1H3;1-2H3. The maximum absolute atomic E-state index is 2.70. The number of rotatable bonds is 3. The maximum Gasteiger partial charge on any atom is 0.0366 e. The minimum Gasteiger partial charge on any atom is -0.372 e. The molecule has 3 saturated heterocycles. The Morgan fingerprint density at radius 2 is 1.57 bits per heavy atom. The quantitative estimate of drug-likeness (QED) is 0.848. The molecule has 1 aromatic rings. The number of anilines is 1. The second-order valence-corrected chi connectivity index (χ2v) is 7.61. The Kier molecular flexibility index (Phi) is 5.27. The summed E-state index contributed by atoms with van der Waals surface area (Å²) in [5.41, 5.74) is 2.09. The van der Waals surface area contributed by atoms with Gasteiger partial charge in [-0.15, -0.1) is 0 Å². The van der Waals surface area contributed by atoms with Crippen molar-refractivity contribution >= 4 is 5.69 Å². The van der Waals surface area contributed by atoms with Crippen molar-refractivity contribution in [3.8, 4) is 0 Å². The summed E-state index contributed by atoms with van der Waals surface area (Å²) in [6, 6.07) is 10.9. The van der Waals surface area contributed by atoms with E-state index in [1.807, 2.05) is 13.8 Å². The van der Waals surface area contributed by atoms with Crippen LogP contribution in [0, 0.1) is 11.3 Å². The normalized spacial score (nSPS) is 24.6. The molecule has 0 atom stereocenters. The van der Waals surface area contributed by atoms with E-state index in [1.54, 1.807) is 0 Å². The van der Waals surface area contributed by atoms with Crippen molar-refractivity contribution < 1.29 is 0 Å². The first-order chi connectivity index (χ1) is 11.2. The highest BCUT2D eigenvalue weighted by atomic mass is 15.3. The maximum atomic E-state index is 2.70. The van der Waals surface area contributed by atoms with Crippen LogP contribution in [0.3, 0.4) is 0 Å². The molecule has 0 saturated carbocycles. The van der Waals surface area contributed by atoms with Crippen molar-refractivity contribution in [2.45, 2.75) is 26.7 Å². The van der Waals surface area contributed by atoms with Gasteiger partial charge in [-0.1, -0.05) is 32.0 Å². The van der Waals surface area contributed by atoms with E-state index in [1.165, 1.54) is 64.3 Å². The van der Waals surface area contributed by atoms with Crippen LogP contribution in [0.2, 0.25) is 0 Å². The molecule has 0 N–H and O–H groups in total. The number of para-hydroxylation sites is 1. The number of nitrogens with zero attached hydrogens (tertiary/aromatic N) is 3. The predicted octanol–water partition coefficient (Wildman–Crippen LogP) is 3.18. The second kappa shape index (κ2) is 7.23. The molecule has 0 radical (unpaired) electrons. The third-order valence-electron chi connectivity index (χ3n) is 5.58. The van der Waals surface area contributed by atoms with Crippen LogP contribution in [-0.2, 0) is 0 Å². The Morgan fingerprint density at radius 3 is 2.13 bits per heavy atom. The van der Waals surface area contributed by atoms with Gasteiger partial charge in [0.05, 0.1) is 0 Å². The van der Waals surface area contributed by atoms with E-state index in [-0.39, 0.29) is 0 Å². The Labute approximate surface area is 142 Å². The average Bonchev–Trinajstić information content (AvgIpc) is 2.55. The first-order valence-electron chi connectivity index (χ1n) is 9.43. The lowest BCUT2D eigenvalue weighted by molar-refractivity contribution is -0.109. The number of benzene rings is 1. The minimum atomic E-state index is 0.694. The molecule has 3 heterocycles. The van der Waals surface area contributed by atoms with Gasteiger partial charge in [-0.25, -0.2) is 0 Å². The molecule has 0 unspecified atom stereocenters. The first-order valence-corrected chi connectivity index (χ1v) is 9.43. The smallest absolute Gasteiger partial charge is 0.0366 e. The van der Waals surface area contributed by atoms with Crippen molar-refractivity contribution in [1.82, 2.24) is 9.80 Å². The topological polar surface area (TPSA) is 9.72 Å². The van der Waals surface area contributed by atoms with Gasteiger partial charge in [-0.2, -0.15) is 0 Å². The van der Waals surface area contributed by atoms with E-state index in [0.717, 1.165) is 5.92 Å². The Bertz CT molecular complexity index is 465. The molecule has 3 heteroatoms. The fraction of sp³-hybridized carbons (Fsp3) is 0.700. The van der Waals surface area contributed by atoms with Crippen LogP contribution >= 0.6 is 0 Å². The largest absolute Gasteiger partial charge is 0.372 e. The van der Waals surface area contributed by atoms with Gasteiger partial charge in [0, 0.05) is 56.9 Å². The van der Waals surface area contributed by atoms with Crippen LogP contribution in [0.5, 0.6) is 0 Å². The molecule has 1 spiro atoms. The van der Waals surface area contributed by atoms with Gasteiger partial charge in [0.15, 0.2) is 0 Å². The summed E-state index contributed by atoms with van der Waals surface area (Å²) in [4.78, 5) is 7.71. The third-order valence-corrected chi connectivity index (χ3v) is 5.58. The zero-order chi connectivity index (χ0) is 16.3. The van der Waals surface area contributed by atoms with Gasteiger partial charge in [0.2, 0.25) is 0 Å². The van der Waals surface area contributed by atoms with Gasteiger partial charge in [-0.3, -0.25) is 0 Å². The summed E-state index contributed by atoms with van der Waals surface area (Å²) in [6.45, 7) is 13.2. The summed E-state index contributed by atoms with van der Waals surface area (Å²) in [5.74, 6) is 0.917. The molecule has 3 nitrogen and oxygen atoms in total. The Hall–Kier alpha value is -1.06. The summed E-state index contributed by atoms with van der Waals surface area (Å²) in [6.07, 6.45) is 2.72. The average molecular weight is 316 g/mol. The van der Waals surface area contributed by atoms with Gasteiger partial charge in [0.25, 0.3) is 0 Å². The summed E-state index contributed by atoms with van der Waals surface area (Å²) in [5, 5.41) is 0. The Morgan fingerprint density at radius 1 is 0.957 bits per heavy atom. The van der Waals surface area contributed by atoms with Crippen LogP contribution in [-0.4, -0.2) is 62.7 Å². The van der Waals surface area contributed by atoms with Crippen molar-refractivity contribution in [1.29, 1.82) is 0 Å². The third kappa shape index (κ3) is 3.72. The van der Waals surface area contributed by atoms with Crippen molar-refractivity contribution in [3.05, 3.63) is 30.3 Å². The lowest BCUT2D eigenvalue weighted by Crippen LogP contribution is -2.71. The van der Waals surface area contributed by atoms with Crippen LogP contribution in [0.1, 0.15) is 26.7 Å². The number of likely N-dealkylation sites (tertiary alicyclic amines) is 2. The zero-order valence-electron chi connectivity index (χ0n) is 15.2. The van der Waals surface area contributed by atoms with E-state index in [0.29, 0.717) is 5.41 Å². The molecular formula is C20H33N3. The molecule has 0 aromatic heterocycles. The van der Waals surface area contributed by atoms with Gasteiger partial charge in [-0.05, 0) is 37.9 Å². The Balaban J connectivity index is 0.000000753. The second-order valence-electron chi connectivity index (χ2n) is 7.61. The van der Waals surface area contributed by atoms with Crippen molar-refractivity contribution in [2.24, 2.45) is 11.3 Å².